The second-order valence-corrected chi connectivity index (χ2v) is 4.87. The highest BCUT2D eigenvalue weighted by atomic mass is 16.2. The van der Waals surface area contributed by atoms with Gasteiger partial charge in [-0.1, -0.05) is 42.5 Å². The lowest BCUT2D eigenvalue weighted by molar-refractivity contribution is -0.131. The summed E-state index contributed by atoms with van der Waals surface area (Å²) in [5.41, 5.74) is 1.83. The van der Waals surface area contributed by atoms with E-state index in [0.29, 0.717) is 18.9 Å². The molecule has 1 aromatic carbocycles. The first-order valence-corrected chi connectivity index (χ1v) is 6.85. The highest BCUT2D eigenvalue weighted by Gasteiger charge is 2.14. The summed E-state index contributed by atoms with van der Waals surface area (Å²) in [4.78, 5) is 15.2. The van der Waals surface area contributed by atoms with Crippen LogP contribution >= 0.6 is 0 Å². The van der Waals surface area contributed by atoms with Crippen LogP contribution in [0.5, 0.6) is 0 Å². The van der Waals surface area contributed by atoms with E-state index < -0.39 is 0 Å². The minimum Gasteiger partial charge on any atom is -0.337 e. The molecule has 6 heteroatoms. The molecule has 2 rings (SSSR count). The number of aromatic nitrogens is 4. The lowest BCUT2D eigenvalue weighted by Gasteiger charge is -2.20. The minimum atomic E-state index is -0.0440. The van der Waals surface area contributed by atoms with Crippen molar-refractivity contribution >= 4 is 5.91 Å². The van der Waals surface area contributed by atoms with Gasteiger partial charge >= 0.3 is 0 Å². The van der Waals surface area contributed by atoms with Crippen LogP contribution in [0.25, 0.3) is 11.4 Å². The van der Waals surface area contributed by atoms with E-state index >= 15 is 0 Å². The van der Waals surface area contributed by atoms with Crippen molar-refractivity contribution in [2.75, 3.05) is 13.1 Å². The van der Waals surface area contributed by atoms with Gasteiger partial charge in [0.1, 0.15) is 6.54 Å². The van der Waals surface area contributed by atoms with Crippen molar-refractivity contribution in [2.45, 2.75) is 20.4 Å². The van der Waals surface area contributed by atoms with E-state index in [4.69, 9.17) is 0 Å². The Balaban J connectivity index is 2.05. The molecule has 0 aliphatic carbocycles. The summed E-state index contributed by atoms with van der Waals surface area (Å²) >= 11 is 0. The van der Waals surface area contributed by atoms with Crippen LogP contribution in [-0.2, 0) is 11.3 Å². The normalized spacial score (nSPS) is 10.4. The number of hydrogen-bond donors (Lipinski definition) is 0. The first-order chi connectivity index (χ1) is 10.1. The molecule has 0 saturated heterocycles. The zero-order chi connectivity index (χ0) is 15.2. The minimum absolute atomic E-state index is 0.0440. The van der Waals surface area contributed by atoms with Gasteiger partial charge in [-0.15, -0.1) is 10.2 Å². The maximum Gasteiger partial charge on any atom is 0.246 e. The molecule has 1 aromatic heterocycles. The summed E-state index contributed by atoms with van der Waals surface area (Å²) in [6, 6.07) is 9.55. The van der Waals surface area contributed by atoms with Gasteiger partial charge in [0.15, 0.2) is 0 Å². The summed E-state index contributed by atoms with van der Waals surface area (Å²) in [5, 5.41) is 12.2. The Kier molecular flexibility index (Phi) is 4.81. The van der Waals surface area contributed by atoms with E-state index in [9.17, 15) is 4.79 Å². The third-order valence-electron chi connectivity index (χ3n) is 2.96. The summed E-state index contributed by atoms with van der Waals surface area (Å²) in [5.74, 6) is 0.476. The lowest BCUT2D eigenvalue weighted by atomic mass is 10.2. The Morgan fingerprint density at radius 3 is 2.67 bits per heavy atom. The van der Waals surface area contributed by atoms with Crippen molar-refractivity contribution in [3.63, 3.8) is 0 Å². The molecule has 0 aliphatic heterocycles. The zero-order valence-electron chi connectivity index (χ0n) is 12.4. The summed E-state index contributed by atoms with van der Waals surface area (Å²) in [7, 11) is 0. The fourth-order valence-electron chi connectivity index (χ4n) is 1.94. The average molecular weight is 285 g/mol. The second-order valence-electron chi connectivity index (χ2n) is 4.87. The van der Waals surface area contributed by atoms with Gasteiger partial charge in [-0.2, -0.15) is 4.80 Å². The molecule has 0 bridgehead atoms. The van der Waals surface area contributed by atoms with Crippen molar-refractivity contribution in [2.24, 2.45) is 0 Å². The molecule has 1 amide bonds. The lowest BCUT2D eigenvalue weighted by Crippen LogP contribution is -2.35. The van der Waals surface area contributed by atoms with Crippen LogP contribution in [0.3, 0.4) is 0 Å². The molecule has 1 heterocycles. The molecule has 0 N–H and O–H groups in total. The molecular formula is C15H19N5O. The molecular weight excluding hydrogens is 266 g/mol. The SMILES string of the molecule is C=C(C)CN(CC)C(=O)Cn1nnc(-c2ccccc2)n1. The molecule has 2 aromatic rings. The highest BCUT2D eigenvalue weighted by Crippen LogP contribution is 2.11. The molecule has 0 aliphatic rings. The van der Waals surface area contributed by atoms with E-state index in [1.54, 1.807) is 4.90 Å². The van der Waals surface area contributed by atoms with Gasteiger partial charge in [-0.3, -0.25) is 4.79 Å². The maximum absolute atomic E-state index is 12.2. The fraction of sp³-hybridized carbons (Fsp3) is 0.333. The van der Waals surface area contributed by atoms with Crippen LogP contribution in [0.2, 0.25) is 0 Å². The van der Waals surface area contributed by atoms with Gasteiger partial charge in [-0.25, -0.2) is 0 Å². The Hall–Kier alpha value is -2.50. The van der Waals surface area contributed by atoms with Gasteiger partial charge in [-0.05, 0) is 19.1 Å². The van der Waals surface area contributed by atoms with Crippen LogP contribution in [0.1, 0.15) is 13.8 Å². The summed E-state index contributed by atoms with van der Waals surface area (Å²) in [6.45, 7) is 8.93. The third kappa shape index (κ3) is 3.98. The standard InChI is InChI=1S/C15H19N5O/c1-4-19(10-12(2)3)14(21)11-20-17-15(16-18-20)13-8-6-5-7-9-13/h5-9H,2,4,10-11H2,1,3H3. The Morgan fingerprint density at radius 2 is 2.05 bits per heavy atom. The number of likely N-dealkylation sites (N-methyl/N-ethyl adjacent to an activating group) is 1. The summed E-state index contributed by atoms with van der Waals surface area (Å²) < 4.78 is 0. The number of benzene rings is 1. The van der Waals surface area contributed by atoms with E-state index in [2.05, 4.69) is 22.0 Å². The van der Waals surface area contributed by atoms with Crippen LogP contribution < -0.4 is 0 Å². The van der Waals surface area contributed by atoms with Crippen LogP contribution in [0.15, 0.2) is 42.5 Å². The topological polar surface area (TPSA) is 63.9 Å². The monoisotopic (exact) mass is 285 g/mol. The van der Waals surface area contributed by atoms with Gasteiger partial charge in [0.2, 0.25) is 11.7 Å². The van der Waals surface area contributed by atoms with Gasteiger partial charge in [0, 0.05) is 18.7 Å². The number of tetrazole rings is 1. The van der Waals surface area contributed by atoms with Crippen molar-refractivity contribution in [3.8, 4) is 11.4 Å². The number of carbonyl (C=O) groups is 1. The molecule has 21 heavy (non-hydrogen) atoms. The highest BCUT2D eigenvalue weighted by molar-refractivity contribution is 5.76. The van der Waals surface area contributed by atoms with E-state index in [1.807, 2.05) is 44.2 Å². The second kappa shape index (κ2) is 6.78. The molecule has 0 fully saturated rings. The average Bonchev–Trinajstić information content (AvgIpc) is 2.94. The Labute approximate surface area is 124 Å². The first-order valence-electron chi connectivity index (χ1n) is 6.85. The summed E-state index contributed by atoms with van der Waals surface area (Å²) in [6.07, 6.45) is 0. The molecule has 0 saturated carbocycles. The van der Waals surface area contributed by atoms with Gasteiger partial charge in [0.25, 0.3) is 0 Å². The number of nitrogens with zero attached hydrogens (tertiary/aromatic N) is 5. The van der Waals surface area contributed by atoms with Crippen molar-refractivity contribution in [1.82, 2.24) is 25.1 Å². The largest absolute Gasteiger partial charge is 0.337 e. The number of amides is 1. The molecule has 110 valence electrons. The van der Waals surface area contributed by atoms with Crippen molar-refractivity contribution < 1.29 is 4.79 Å². The fourth-order valence-corrected chi connectivity index (χ4v) is 1.94. The van der Waals surface area contributed by atoms with Crippen molar-refractivity contribution in [3.05, 3.63) is 42.5 Å². The van der Waals surface area contributed by atoms with Crippen LogP contribution in [0, 0.1) is 0 Å². The van der Waals surface area contributed by atoms with E-state index in [1.165, 1.54) is 4.80 Å². The van der Waals surface area contributed by atoms with Crippen LogP contribution in [-0.4, -0.2) is 44.1 Å². The molecule has 0 spiro atoms. The number of rotatable bonds is 6. The predicted molar refractivity (Wildman–Crippen MR) is 80.3 cm³/mol. The van der Waals surface area contributed by atoms with Crippen LogP contribution in [0.4, 0.5) is 0 Å². The van der Waals surface area contributed by atoms with Gasteiger partial charge < -0.3 is 4.90 Å². The molecule has 0 unspecified atom stereocenters. The van der Waals surface area contributed by atoms with Crippen molar-refractivity contribution in [1.29, 1.82) is 0 Å². The number of carbonyl (C=O) groups excluding carboxylic acids is 1. The Morgan fingerprint density at radius 1 is 1.33 bits per heavy atom. The third-order valence-corrected chi connectivity index (χ3v) is 2.96. The van der Waals surface area contributed by atoms with E-state index in [0.717, 1.165) is 11.1 Å². The molecule has 0 atom stereocenters. The maximum atomic E-state index is 12.2. The van der Waals surface area contributed by atoms with E-state index in [-0.39, 0.29) is 12.5 Å². The zero-order valence-corrected chi connectivity index (χ0v) is 12.4. The molecule has 0 radical (unpaired) electrons. The quantitative estimate of drug-likeness (QED) is 0.759. The number of hydrogen-bond acceptors (Lipinski definition) is 4. The Bertz CT molecular complexity index is 620. The first kappa shape index (κ1) is 14.9. The van der Waals surface area contributed by atoms with Gasteiger partial charge in [0.05, 0.1) is 0 Å². The smallest absolute Gasteiger partial charge is 0.246 e. The molecule has 6 nitrogen and oxygen atoms in total. The predicted octanol–water partition coefficient (Wildman–Crippen LogP) is 1.76.